The number of aromatic nitrogens is 1. The number of fused-ring (bicyclic) bond motifs is 2. The number of aryl methyl sites for hydroxylation is 1. The van der Waals surface area contributed by atoms with Gasteiger partial charge in [0.2, 0.25) is 5.36 Å². The number of benzene rings is 2. The Morgan fingerprint density at radius 3 is 2.68 bits per heavy atom. The third-order valence-corrected chi connectivity index (χ3v) is 5.11. The summed E-state index contributed by atoms with van der Waals surface area (Å²) in [6.07, 6.45) is 0. The maximum Gasteiger partial charge on any atom is 0.201 e. The van der Waals surface area contributed by atoms with Crippen molar-refractivity contribution in [2.75, 3.05) is 14.1 Å². The molecule has 0 aromatic heterocycles. The minimum Gasteiger partial charge on any atom is -0.246 e. The van der Waals surface area contributed by atoms with Gasteiger partial charge in [0.25, 0.3) is 0 Å². The van der Waals surface area contributed by atoms with E-state index in [4.69, 9.17) is 4.98 Å². The summed E-state index contributed by atoms with van der Waals surface area (Å²) in [6, 6.07) is 10.7. The molecule has 1 aliphatic carbocycles. The van der Waals surface area contributed by atoms with E-state index in [1.165, 1.54) is 20.5 Å². The fraction of sp³-hybridized carbons (Fsp3) is 0.200. The van der Waals surface area contributed by atoms with Gasteiger partial charge in [-0.15, -0.1) is 11.3 Å². The maximum atomic E-state index is 4.75. The lowest BCUT2D eigenvalue weighted by Gasteiger charge is -2.07. The molecule has 96 valence electrons. The molecule has 0 radical (unpaired) electrons. The van der Waals surface area contributed by atoms with Crippen LogP contribution in [0.25, 0.3) is 20.8 Å². The van der Waals surface area contributed by atoms with Gasteiger partial charge in [0, 0.05) is 16.6 Å². The highest BCUT2D eigenvalue weighted by Crippen LogP contribution is 2.32. The minimum absolute atomic E-state index is 1.06. The molecule has 19 heavy (non-hydrogen) atoms. The molecule has 1 aromatic rings. The Hall–Kier alpha value is -1.26. The molecule has 0 unspecified atom stereocenters. The summed E-state index contributed by atoms with van der Waals surface area (Å²) < 4.78 is 4.46. The van der Waals surface area contributed by atoms with Crippen LogP contribution in [0.5, 0.6) is 0 Å². The molecule has 1 aromatic carbocycles. The zero-order valence-electron chi connectivity index (χ0n) is 11.1. The van der Waals surface area contributed by atoms with E-state index in [0.717, 1.165) is 15.7 Å². The third kappa shape index (κ3) is 2.30. The minimum atomic E-state index is 1.06. The average molecular weight is 334 g/mol. The maximum absolute atomic E-state index is 4.75. The summed E-state index contributed by atoms with van der Waals surface area (Å²) in [5.41, 5.74) is 3.34. The van der Waals surface area contributed by atoms with Gasteiger partial charge in [0.1, 0.15) is 14.1 Å². The van der Waals surface area contributed by atoms with Crippen LogP contribution in [-0.2, 0) is 0 Å². The van der Waals surface area contributed by atoms with Crippen molar-refractivity contribution in [3.63, 3.8) is 0 Å². The average Bonchev–Trinajstić information content (AvgIpc) is 2.37. The van der Waals surface area contributed by atoms with E-state index in [1.807, 2.05) is 0 Å². The van der Waals surface area contributed by atoms with E-state index in [0.29, 0.717) is 0 Å². The van der Waals surface area contributed by atoms with Crippen LogP contribution in [0.3, 0.4) is 0 Å². The summed E-state index contributed by atoms with van der Waals surface area (Å²) in [5, 5.41) is 1.20. The van der Waals surface area contributed by atoms with E-state index in [1.54, 1.807) is 11.3 Å². The first-order valence-corrected chi connectivity index (χ1v) is 7.66. The second-order valence-electron chi connectivity index (χ2n) is 4.83. The first-order valence-electron chi connectivity index (χ1n) is 6.06. The molecule has 3 rings (SSSR count). The molecular weight excluding hydrogens is 320 g/mol. The Morgan fingerprint density at radius 1 is 1.16 bits per heavy atom. The molecule has 0 atom stereocenters. The van der Waals surface area contributed by atoms with E-state index in [9.17, 15) is 0 Å². The number of halogens is 1. The van der Waals surface area contributed by atoms with E-state index in [-0.39, 0.29) is 0 Å². The molecular formula is C15H14BrN2S+. The van der Waals surface area contributed by atoms with Gasteiger partial charge in [-0.2, -0.15) is 0 Å². The van der Waals surface area contributed by atoms with Crippen molar-refractivity contribution in [3.05, 3.63) is 45.7 Å². The zero-order chi connectivity index (χ0) is 13.6. The van der Waals surface area contributed by atoms with Crippen LogP contribution in [0.4, 0.5) is 0 Å². The summed E-state index contributed by atoms with van der Waals surface area (Å²) in [4.78, 5) is 5.97. The second kappa shape index (κ2) is 4.69. The molecule has 0 bridgehead atoms. The van der Waals surface area contributed by atoms with E-state index in [2.05, 4.69) is 71.9 Å². The van der Waals surface area contributed by atoms with Gasteiger partial charge in [0.05, 0.1) is 20.8 Å². The lowest BCUT2D eigenvalue weighted by atomic mass is 10.2. The Balaban J connectivity index is 2.40. The van der Waals surface area contributed by atoms with Crippen molar-refractivity contribution in [1.82, 2.24) is 9.56 Å². The highest BCUT2D eigenvalue weighted by molar-refractivity contribution is 9.10. The molecule has 1 heterocycles. The first-order chi connectivity index (χ1) is 9.04. The lowest BCUT2D eigenvalue weighted by molar-refractivity contribution is 0.814. The van der Waals surface area contributed by atoms with Crippen LogP contribution in [0.15, 0.2) is 34.8 Å². The molecule has 0 N–H and O–H groups in total. The number of hydrogen-bond donors (Lipinski definition) is 0. The zero-order valence-corrected chi connectivity index (χ0v) is 13.5. The fourth-order valence-electron chi connectivity index (χ4n) is 2.02. The molecule has 0 saturated carbocycles. The molecule has 0 saturated heterocycles. The van der Waals surface area contributed by atoms with Crippen LogP contribution in [0.1, 0.15) is 5.56 Å². The van der Waals surface area contributed by atoms with Gasteiger partial charge in [-0.25, -0.2) is 9.56 Å². The van der Waals surface area contributed by atoms with Gasteiger partial charge < -0.3 is 0 Å². The Morgan fingerprint density at radius 2 is 1.95 bits per heavy atom. The topological polar surface area (TPSA) is 15.9 Å². The Labute approximate surface area is 124 Å². The van der Waals surface area contributed by atoms with Gasteiger partial charge in [-0.05, 0) is 30.7 Å². The van der Waals surface area contributed by atoms with Crippen LogP contribution < -0.4 is 9.93 Å². The van der Waals surface area contributed by atoms with Crippen molar-refractivity contribution in [3.8, 4) is 10.6 Å². The molecule has 1 aliphatic heterocycles. The number of nitrogens with zero attached hydrogens (tertiary/aromatic N) is 2. The van der Waals surface area contributed by atoms with Crippen LogP contribution in [0.2, 0.25) is 0 Å². The SMILES string of the molecule is Cc1cc2nc3ccc(=[N+](C)C)cc-3sc2cc1Br. The van der Waals surface area contributed by atoms with Crippen LogP contribution in [-0.4, -0.2) is 19.1 Å². The Kier molecular flexibility index (Phi) is 3.15. The van der Waals surface area contributed by atoms with Crippen LogP contribution in [0, 0.1) is 6.92 Å². The second-order valence-corrected chi connectivity index (χ2v) is 6.77. The van der Waals surface area contributed by atoms with Gasteiger partial charge >= 0.3 is 0 Å². The van der Waals surface area contributed by atoms with Gasteiger partial charge in [0.15, 0.2) is 0 Å². The van der Waals surface area contributed by atoms with Gasteiger partial charge in [-0.1, -0.05) is 15.9 Å². The third-order valence-electron chi connectivity index (χ3n) is 3.16. The molecule has 2 aliphatic rings. The highest BCUT2D eigenvalue weighted by atomic mass is 79.9. The van der Waals surface area contributed by atoms with Crippen molar-refractivity contribution in [1.29, 1.82) is 0 Å². The number of rotatable bonds is 0. The van der Waals surface area contributed by atoms with Crippen molar-refractivity contribution >= 4 is 37.5 Å². The first kappa shape index (κ1) is 12.8. The van der Waals surface area contributed by atoms with Gasteiger partial charge in [-0.3, -0.25) is 0 Å². The Bertz CT molecular complexity index is 816. The standard InChI is InChI=1S/C15H14BrN2S/c1-9-6-13-15(8-11(9)16)19-14-7-10(18(2)3)4-5-12(14)17-13/h4-8H,1-3H3/q+1. The molecule has 4 heteroatoms. The van der Waals surface area contributed by atoms with E-state index >= 15 is 0 Å². The quantitative estimate of drug-likeness (QED) is 0.454. The summed E-state index contributed by atoms with van der Waals surface area (Å²) in [7, 11) is 4.11. The highest BCUT2D eigenvalue weighted by Gasteiger charge is 2.09. The molecule has 0 amide bonds. The summed E-state index contributed by atoms with van der Waals surface area (Å²) >= 11 is 5.38. The normalized spacial score (nSPS) is 11.2. The predicted octanol–water partition coefficient (Wildman–Crippen LogP) is 3.50. The monoisotopic (exact) mass is 333 g/mol. The lowest BCUT2D eigenvalue weighted by Crippen LogP contribution is -2.21. The summed E-state index contributed by atoms with van der Waals surface area (Å²) in [6.45, 7) is 2.09. The van der Waals surface area contributed by atoms with Crippen LogP contribution >= 0.6 is 27.3 Å². The fourth-order valence-corrected chi connectivity index (χ4v) is 3.54. The molecule has 0 fully saturated rings. The van der Waals surface area contributed by atoms with Crippen molar-refractivity contribution in [2.45, 2.75) is 6.92 Å². The van der Waals surface area contributed by atoms with Crippen molar-refractivity contribution < 1.29 is 0 Å². The van der Waals surface area contributed by atoms with E-state index < -0.39 is 0 Å². The predicted molar refractivity (Wildman–Crippen MR) is 85.8 cm³/mol. The molecule has 0 spiro atoms. The summed E-state index contributed by atoms with van der Waals surface area (Å²) in [5.74, 6) is 0. The molecule has 2 nitrogen and oxygen atoms in total. The van der Waals surface area contributed by atoms with Crippen molar-refractivity contribution in [2.24, 2.45) is 0 Å². The number of hydrogen-bond acceptors (Lipinski definition) is 2. The largest absolute Gasteiger partial charge is 0.246 e. The smallest absolute Gasteiger partial charge is 0.201 e.